The molecule has 1 amide bonds. The number of nitrogens with zero attached hydrogens (tertiary/aromatic N) is 1. The Hall–Kier alpha value is -1.89. The van der Waals surface area contributed by atoms with Gasteiger partial charge in [0, 0.05) is 26.1 Å². The van der Waals surface area contributed by atoms with Gasteiger partial charge in [-0.15, -0.1) is 0 Å². The van der Waals surface area contributed by atoms with Gasteiger partial charge in [-0.3, -0.25) is 9.59 Å². The highest BCUT2D eigenvalue weighted by Crippen LogP contribution is 2.26. The number of ether oxygens (including phenoxy) is 1. The number of hydrogen-bond donors (Lipinski definition) is 2. The van der Waals surface area contributed by atoms with E-state index in [4.69, 9.17) is 14.4 Å². The zero-order valence-corrected chi connectivity index (χ0v) is 12.6. The molecular formula is C14H22N2O5. The Morgan fingerprint density at radius 2 is 2.14 bits per heavy atom. The molecule has 0 aliphatic carbocycles. The fraction of sp³-hybridized carbons (Fsp3) is 0.643. The molecule has 0 spiro atoms. The van der Waals surface area contributed by atoms with Crippen molar-refractivity contribution in [2.45, 2.75) is 39.7 Å². The Kier molecular flexibility index (Phi) is 6.36. The largest absolute Gasteiger partial charge is 0.481 e. The number of carboxylic acid groups (broad SMARTS) is 1. The van der Waals surface area contributed by atoms with Gasteiger partial charge >= 0.3 is 5.97 Å². The number of methoxy groups -OCH3 is 1. The van der Waals surface area contributed by atoms with E-state index in [1.807, 2.05) is 13.8 Å². The summed E-state index contributed by atoms with van der Waals surface area (Å²) in [5.41, 5.74) is 0.0712. The van der Waals surface area contributed by atoms with Gasteiger partial charge in [0.1, 0.15) is 6.61 Å². The van der Waals surface area contributed by atoms with Gasteiger partial charge in [-0.1, -0.05) is 19.0 Å². The van der Waals surface area contributed by atoms with Gasteiger partial charge in [-0.05, 0) is 18.3 Å². The highest BCUT2D eigenvalue weighted by atomic mass is 16.5. The summed E-state index contributed by atoms with van der Waals surface area (Å²) in [5.74, 6) is -0.625. The molecule has 1 rings (SSSR count). The van der Waals surface area contributed by atoms with Crippen molar-refractivity contribution >= 4 is 11.9 Å². The summed E-state index contributed by atoms with van der Waals surface area (Å²) >= 11 is 0. The summed E-state index contributed by atoms with van der Waals surface area (Å²) in [6.45, 7) is 4.68. The number of amides is 1. The van der Waals surface area contributed by atoms with E-state index in [2.05, 4.69) is 10.5 Å². The molecule has 2 N–H and O–H groups in total. The minimum absolute atomic E-state index is 0.130. The molecule has 0 aliphatic rings. The lowest BCUT2D eigenvalue weighted by Gasteiger charge is -2.23. The first-order chi connectivity index (χ1) is 9.84. The Labute approximate surface area is 123 Å². The molecule has 0 aliphatic heterocycles. The second-order valence-corrected chi connectivity index (χ2v) is 5.68. The van der Waals surface area contributed by atoms with Gasteiger partial charge in [0.25, 0.3) is 5.91 Å². The Balaban J connectivity index is 2.36. The first kappa shape index (κ1) is 17.2. The third-order valence-electron chi connectivity index (χ3n) is 3.18. The summed E-state index contributed by atoms with van der Waals surface area (Å²) in [4.78, 5) is 22.4. The minimum Gasteiger partial charge on any atom is -0.481 e. The van der Waals surface area contributed by atoms with Crippen LogP contribution in [0.2, 0.25) is 0 Å². The number of aromatic nitrogens is 1. The molecule has 1 aromatic rings. The van der Waals surface area contributed by atoms with Crippen molar-refractivity contribution in [3.8, 4) is 0 Å². The SMILES string of the molecule is COCc1cc(C(=O)NCCC(C)(C)CCC(=O)O)no1. The van der Waals surface area contributed by atoms with Crippen molar-refractivity contribution in [2.75, 3.05) is 13.7 Å². The molecular weight excluding hydrogens is 276 g/mol. The average molecular weight is 298 g/mol. The number of carboxylic acids is 1. The predicted molar refractivity (Wildman–Crippen MR) is 74.8 cm³/mol. The van der Waals surface area contributed by atoms with Crippen LogP contribution in [0, 0.1) is 5.41 Å². The van der Waals surface area contributed by atoms with E-state index in [1.54, 1.807) is 0 Å². The van der Waals surface area contributed by atoms with Crippen LogP contribution in [-0.4, -0.2) is 35.8 Å². The number of hydrogen-bond acceptors (Lipinski definition) is 5. The summed E-state index contributed by atoms with van der Waals surface area (Å²) in [5, 5.41) is 15.1. The van der Waals surface area contributed by atoms with Gasteiger partial charge in [0.2, 0.25) is 0 Å². The van der Waals surface area contributed by atoms with Crippen molar-refractivity contribution in [3.63, 3.8) is 0 Å². The van der Waals surface area contributed by atoms with Crippen LogP contribution in [0.3, 0.4) is 0 Å². The third kappa shape index (κ3) is 6.40. The molecule has 0 atom stereocenters. The molecule has 118 valence electrons. The number of carbonyl (C=O) groups excluding carboxylic acids is 1. The van der Waals surface area contributed by atoms with E-state index in [0.29, 0.717) is 25.1 Å². The summed E-state index contributed by atoms with van der Waals surface area (Å²) in [6, 6.07) is 1.54. The molecule has 0 unspecified atom stereocenters. The van der Waals surface area contributed by atoms with E-state index < -0.39 is 5.97 Å². The highest BCUT2D eigenvalue weighted by Gasteiger charge is 2.20. The van der Waals surface area contributed by atoms with Crippen molar-refractivity contribution in [1.29, 1.82) is 0 Å². The molecule has 7 heteroatoms. The number of rotatable bonds is 9. The molecule has 7 nitrogen and oxygen atoms in total. The monoisotopic (exact) mass is 298 g/mol. The van der Waals surface area contributed by atoms with Crippen LogP contribution in [-0.2, 0) is 16.1 Å². The summed E-state index contributed by atoms with van der Waals surface area (Å²) in [6.07, 6.45) is 1.39. The van der Waals surface area contributed by atoms with Gasteiger partial charge in [-0.25, -0.2) is 0 Å². The molecule has 0 radical (unpaired) electrons. The molecule has 0 saturated carbocycles. The standard InChI is InChI=1S/C14H22N2O5/c1-14(2,5-4-12(17)18)6-7-15-13(19)11-8-10(9-20-3)21-16-11/h8H,4-7,9H2,1-3H3,(H,15,19)(H,17,18). The highest BCUT2D eigenvalue weighted by molar-refractivity contribution is 5.92. The molecule has 0 bridgehead atoms. The lowest BCUT2D eigenvalue weighted by molar-refractivity contribution is -0.137. The van der Waals surface area contributed by atoms with Crippen molar-refractivity contribution < 1.29 is 24.0 Å². The molecule has 21 heavy (non-hydrogen) atoms. The maximum Gasteiger partial charge on any atom is 0.303 e. The van der Waals surface area contributed by atoms with Gasteiger partial charge in [0.05, 0.1) is 0 Å². The van der Waals surface area contributed by atoms with E-state index >= 15 is 0 Å². The summed E-state index contributed by atoms with van der Waals surface area (Å²) in [7, 11) is 1.53. The van der Waals surface area contributed by atoms with Crippen LogP contribution < -0.4 is 5.32 Å². The van der Waals surface area contributed by atoms with E-state index in [0.717, 1.165) is 0 Å². The van der Waals surface area contributed by atoms with Crippen LogP contribution in [0.4, 0.5) is 0 Å². The van der Waals surface area contributed by atoms with Crippen LogP contribution in [0.5, 0.6) is 0 Å². The fourth-order valence-corrected chi connectivity index (χ4v) is 1.81. The number of carbonyl (C=O) groups is 2. The van der Waals surface area contributed by atoms with Crippen LogP contribution in [0.25, 0.3) is 0 Å². The van der Waals surface area contributed by atoms with Crippen LogP contribution >= 0.6 is 0 Å². The second-order valence-electron chi connectivity index (χ2n) is 5.68. The molecule has 1 aromatic heterocycles. The van der Waals surface area contributed by atoms with E-state index in [-0.39, 0.29) is 30.0 Å². The normalized spacial score (nSPS) is 11.4. The van der Waals surface area contributed by atoms with E-state index in [1.165, 1.54) is 13.2 Å². The molecule has 0 aromatic carbocycles. The topological polar surface area (TPSA) is 102 Å². The van der Waals surface area contributed by atoms with Gasteiger partial charge in [0.15, 0.2) is 11.5 Å². The summed E-state index contributed by atoms with van der Waals surface area (Å²) < 4.78 is 9.82. The number of nitrogens with one attached hydrogen (secondary N) is 1. The molecule has 0 saturated heterocycles. The lowest BCUT2D eigenvalue weighted by atomic mass is 9.84. The Morgan fingerprint density at radius 1 is 1.43 bits per heavy atom. The van der Waals surface area contributed by atoms with Crippen LogP contribution in [0.1, 0.15) is 49.4 Å². The predicted octanol–water partition coefficient (Wildman–Crippen LogP) is 1.83. The first-order valence-corrected chi connectivity index (χ1v) is 6.78. The zero-order valence-electron chi connectivity index (χ0n) is 12.6. The van der Waals surface area contributed by atoms with Gasteiger partial charge in [-0.2, -0.15) is 0 Å². The third-order valence-corrected chi connectivity index (χ3v) is 3.18. The zero-order chi connectivity index (χ0) is 15.9. The van der Waals surface area contributed by atoms with Gasteiger partial charge < -0.3 is 19.7 Å². The fourth-order valence-electron chi connectivity index (χ4n) is 1.81. The molecule has 0 fully saturated rings. The van der Waals surface area contributed by atoms with Crippen LogP contribution in [0.15, 0.2) is 10.6 Å². The second kappa shape index (κ2) is 7.78. The minimum atomic E-state index is -0.805. The quantitative estimate of drug-likeness (QED) is 0.721. The number of aliphatic carboxylic acids is 1. The Bertz CT molecular complexity index is 481. The van der Waals surface area contributed by atoms with E-state index in [9.17, 15) is 9.59 Å². The Morgan fingerprint density at radius 3 is 2.76 bits per heavy atom. The molecule has 1 heterocycles. The van der Waals surface area contributed by atoms with Crippen molar-refractivity contribution in [1.82, 2.24) is 10.5 Å². The lowest BCUT2D eigenvalue weighted by Crippen LogP contribution is -2.28. The first-order valence-electron chi connectivity index (χ1n) is 6.78. The smallest absolute Gasteiger partial charge is 0.303 e. The maximum absolute atomic E-state index is 11.8. The van der Waals surface area contributed by atoms with Crippen molar-refractivity contribution in [2.24, 2.45) is 5.41 Å². The average Bonchev–Trinajstić information content (AvgIpc) is 2.85. The van der Waals surface area contributed by atoms with Crippen molar-refractivity contribution in [3.05, 3.63) is 17.5 Å². The maximum atomic E-state index is 11.8.